The van der Waals surface area contributed by atoms with Crippen LogP contribution in [-0.2, 0) is 24.6 Å². The molecule has 1 saturated heterocycles. The molecule has 4 N–H and O–H groups in total. The predicted octanol–water partition coefficient (Wildman–Crippen LogP) is 6.75. The number of carboxylic acid groups (broad SMARTS) is 1. The molecule has 0 saturated carbocycles. The number of aliphatic hydroxyl groups excluding tert-OH is 2. The van der Waals surface area contributed by atoms with Crippen molar-refractivity contribution in [2.45, 2.75) is 51.5 Å². The van der Waals surface area contributed by atoms with Crippen molar-refractivity contribution in [1.82, 2.24) is 20.5 Å². The Bertz CT molecular complexity index is 2000. The quantitative estimate of drug-likeness (QED) is 0.0654. The zero-order valence-electron chi connectivity index (χ0n) is 29.8. The van der Waals surface area contributed by atoms with E-state index in [1.807, 2.05) is 48.5 Å². The molecule has 0 amide bonds. The van der Waals surface area contributed by atoms with Gasteiger partial charge in [-0.3, -0.25) is 10.1 Å². The number of rotatable bonds is 19. The Hall–Kier alpha value is -4.43. The zero-order chi connectivity index (χ0) is 37.9. The van der Waals surface area contributed by atoms with Gasteiger partial charge in [0.2, 0.25) is 0 Å². The maximum absolute atomic E-state index is 11.5. The SMILES string of the molecule is O=C(O)[C@@H](CO)NCc1cc(Cl)c(OCc2cccc(-c3cccc(OCCCCN4CCC(CO)CC4)c3)c2Cl)cc1OCc1ccc2nonc2c1. The van der Waals surface area contributed by atoms with Crippen LogP contribution < -0.4 is 19.5 Å². The normalized spacial score (nSPS) is 14.3. The number of aliphatic carboxylic acids is 1. The number of aliphatic hydroxyl groups is 2. The van der Waals surface area contributed by atoms with Gasteiger partial charge in [-0.1, -0.05) is 59.6 Å². The summed E-state index contributed by atoms with van der Waals surface area (Å²) in [7, 11) is 0. The van der Waals surface area contributed by atoms with Crippen molar-refractivity contribution in [2.24, 2.45) is 5.92 Å². The van der Waals surface area contributed by atoms with Gasteiger partial charge in [-0.05, 0) is 103 Å². The third-order valence-electron chi connectivity index (χ3n) is 9.56. The van der Waals surface area contributed by atoms with Gasteiger partial charge in [-0.25, -0.2) is 4.63 Å². The van der Waals surface area contributed by atoms with E-state index in [0.29, 0.717) is 52.3 Å². The molecule has 1 atom stereocenters. The average molecular weight is 780 g/mol. The van der Waals surface area contributed by atoms with Gasteiger partial charge in [-0.2, -0.15) is 0 Å². The fourth-order valence-electron chi connectivity index (χ4n) is 6.34. The van der Waals surface area contributed by atoms with E-state index in [4.69, 9.17) is 42.0 Å². The van der Waals surface area contributed by atoms with Crippen LogP contribution in [0.25, 0.3) is 22.2 Å². The molecule has 1 fully saturated rings. The minimum atomic E-state index is -1.18. The van der Waals surface area contributed by atoms with Crippen molar-refractivity contribution in [3.8, 4) is 28.4 Å². The van der Waals surface area contributed by atoms with E-state index in [9.17, 15) is 20.1 Å². The number of likely N-dealkylation sites (tertiary alicyclic amines) is 1. The Morgan fingerprint density at radius 2 is 1.69 bits per heavy atom. The molecule has 14 heteroatoms. The van der Waals surface area contributed by atoms with Gasteiger partial charge < -0.3 is 34.4 Å². The number of halogens is 2. The summed E-state index contributed by atoms with van der Waals surface area (Å²) in [4.78, 5) is 14.0. The Kier molecular flexibility index (Phi) is 14.0. The lowest BCUT2D eigenvalue weighted by atomic mass is 9.98. The Labute approximate surface area is 323 Å². The lowest BCUT2D eigenvalue weighted by Gasteiger charge is -2.30. The number of unbranched alkanes of at least 4 members (excludes halogenated alkanes) is 1. The summed E-state index contributed by atoms with van der Waals surface area (Å²) in [5, 5.41) is 39.6. The molecule has 12 nitrogen and oxygen atoms in total. The van der Waals surface area contributed by atoms with Crippen molar-refractivity contribution in [2.75, 3.05) is 39.5 Å². The molecule has 286 valence electrons. The summed E-state index contributed by atoms with van der Waals surface area (Å²) in [5.41, 5.74) is 5.07. The second-order valence-electron chi connectivity index (χ2n) is 13.3. The van der Waals surface area contributed by atoms with E-state index in [2.05, 4.69) is 20.5 Å². The Morgan fingerprint density at radius 1 is 0.889 bits per heavy atom. The molecule has 0 spiro atoms. The number of hydrogen-bond acceptors (Lipinski definition) is 11. The van der Waals surface area contributed by atoms with Gasteiger partial charge >= 0.3 is 5.97 Å². The standard InChI is InChI=1S/C40H44Cl2N4O8/c41-33-19-30(21-43-36(23-48)40(49)50)37(52-24-27-9-10-34-35(17-27)45-54-44-34)20-38(33)53-25-29-6-4-8-32(39(29)42)28-5-3-7-31(18-28)51-16-2-1-13-46-14-11-26(22-47)12-15-46/h3-10,17-20,26,36,43,47-48H,1-2,11-16,21-25H2,(H,49,50)/t36-/m1/s1. The number of nitrogens with one attached hydrogen (secondary N) is 1. The summed E-state index contributed by atoms with van der Waals surface area (Å²) >= 11 is 13.7. The molecule has 2 heterocycles. The number of aromatic nitrogens is 2. The highest BCUT2D eigenvalue weighted by atomic mass is 35.5. The van der Waals surface area contributed by atoms with Crippen LogP contribution in [0.1, 0.15) is 42.4 Å². The predicted molar refractivity (Wildman–Crippen MR) is 205 cm³/mol. The second kappa shape index (κ2) is 19.2. The molecule has 0 radical (unpaired) electrons. The lowest BCUT2D eigenvalue weighted by Crippen LogP contribution is -2.39. The van der Waals surface area contributed by atoms with E-state index in [1.165, 1.54) is 0 Å². The van der Waals surface area contributed by atoms with Gasteiger partial charge in [0.1, 0.15) is 47.5 Å². The summed E-state index contributed by atoms with van der Waals surface area (Å²) in [6.07, 6.45) is 4.14. The topological polar surface area (TPSA) is 160 Å². The summed E-state index contributed by atoms with van der Waals surface area (Å²) in [6, 6.07) is 21.2. The molecule has 6 rings (SSSR count). The molecule has 1 aliphatic rings. The van der Waals surface area contributed by atoms with Crippen molar-refractivity contribution in [1.29, 1.82) is 0 Å². The van der Waals surface area contributed by atoms with E-state index < -0.39 is 18.6 Å². The Morgan fingerprint density at radius 3 is 2.48 bits per heavy atom. The number of carbonyl (C=O) groups is 1. The fraction of sp³-hybridized carbons (Fsp3) is 0.375. The first kappa shape index (κ1) is 39.3. The number of hydrogen-bond donors (Lipinski definition) is 4. The first-order valence-corrected chi connectivity index (χ1v) is 18.8. The van der Waals surface area contributed by atoms with Gasteiger partial charge in [0, 0.05) is 35.9 Å². The number of piperidine rings is 1. The summed E-state index contributed by atoms with van der Waals surface area (Å²) < 4.78 is 23.3. The number of benzene rings is 4. The molecule has 54 heavy (non-hydrogen) atoms. The van der Waals surface area contributed by atoms with Crippen LogP contribution in [0.2, 0.25) is 10.0 Å². The van der Waals surface area contributed by atoms with Crippen LogP contribution in [0, 0.1) is 5.92 Å². The van der Waals surface area contributed by atoms with Gasteiger partial charge in [0.05, 0.1) is 23.3 Å². The minimum Gasteiger partial charge on any atom is -0.494 e. The molecule has 5 aromatic rings. The monoisotopic (exact) mass is 778 g/mol. The number of fused-ring (bicyclic) bond motifs is 1. The maximum atomic E-state index is 11.5. The van der Waals surface area contributed by atoms with E-state index >= 15 is 0 Å². The van der Waals surface area contributed by atoms with Crippen molar-refractivity contribution in [3.63, 3.8) is 0 Å². The number of carboxylic acids is 1. The van der Waals surface area contributed by atoms with Crippen LogP contribution in [-0.4, -0.2) is 82.0 Å². The third-order valence-corrected chi connectivity index (χ3v) is 10.3. The molecule has 1 aliphatic heterocycles. The first-order chi connectivity index (χ1) is 26.3. The van der Waals surface area contributed by atoms with Gasteiger partial charge in [0.15, 0.2) is 0 Å². The highest BCUT2D eigenvalue weighted by Gasteiger charge is 2.20. The van der Waals surface area contributed by atoms with Crippen LogP contribution in [0.5, 0.6) is 17.2 Å². The molecule has 0 aliphatic carbocycles. The van der Waals surface area contributed by atoms with Gasteiger partial charge in [0.25, 0.3) is 0 Å². The summed E-state index contributed by atoms with van der Waals surface area (Å²) in [6.45, 7) is 3.79. The highest BCUT2D eigenvalue weighted by molar-refractivity contribution is 6.34. The molecule has 1 aromatic heterocycles. The highest BCUT2D eigenvalue weighted by Crippen LogP contribution is 2.37. The first-order valence-electron chi connectivity index (χ1n) is 18.0. The Balaban J connectivity index is 1.10. The average Bonchev–Trinajstić information content (AvgIpc) is 3.66. The molecule has 0 bridgehead atoms. The van der Waals surface area contributed by atoms with E-state index in [0.717, 1.165) is 73.3 Å². The number of ether oxygens (including phenoxy) is 3. The lowest BCUT2D eigenvalue weighted by molar-refractivity contribution is -0.140. The smallest absolute Gasteiger partial charge is 0.323 e. The minimum absolute atomic E-state index is 0.0564. The third kappa shape index (κ3) is 10.4. The van der Waals surface area contributed by atoms with Crippen molar-refractivity contribution in [3.05, 3.63) is 99.5 Å². The largest absolute Gasteiger partial charge is 0.494 e. The zero-order valence-corrected chi connectivity index (χ0v) is 31.3. The van der Waals surface area contributed by atoms with Crippen LogP contribution in [0.4, 0.5) is 0 Å². The molecular formula is C40H44Cl2N4O8. The molecule has 0 unspecified atom stereocenters. The van der Waals surface area contributed by atoms with E-state index in [1.54, 1.807) is 24.3 Å². The molecular weight excluding hydrogens is 735 g/mol. The summed E-state index contributed by atoms with van der Waals surface area (Å²) in [5.74, 6) is 0.785. The second-order valence-corrected chi connectivity index (χ2v) is 14.1. The van der Waals surface area contributed by atoms with E-state index in [-0.39, 0.29) is 24.8 Å². The van der Waals surface area contributed by atoms with Crippen molar-refractivity contribution >= 4 is 40.2 Å². The van der Waals surface area contributed by atoms with Crippen LogP contribution >= 0.6 is 23.2 Å². The maximum Gasteiger partial charge on any atom is 0.323 e. The van der Waals surface area contributed by atoms with Crippen LogP contribution in [0.15, 0.2) is 77.4 Å². The number of nitrogens with zero attached hydrogens (tertiary/aromatic N) is 3. The van der Waals surface area contributed by atoms with Crippen molar-refractivity contribution < 1.29 is 39.0 Å². The van der Waals surface area contributed by atoms with Gasteiger partial charge in [-0.15, -0.1) is 0 Å². The fourth-order valence-corrected chi connectivity index (χ4v) is 6.87. The van der Waals surface area contributed by atoms with Crippen LogP contribution in [0.3, 0.4) is 0 Å². The molecule has 4 aromatic carbocycles.